The molecule has 0 atom stereocenters. The average molecular weight is 423 g/mol. The molecule has 0 saturated carbocycles. The Morgan fingerprint density at radius 1 is 1.03 bits per heavy atom. The van der Waals surface area contributed by atoms with E-state index in [1.54, 1.807) is 12.1 Å². The minimum atomic E-state index is -0.342. The number of para-hydroxylation sites is 2. The lowest BCUT2D eigenvalue weighted by Crippen LogP contribution is -2.51. The molecule has 1 amide bonds. The number of aryl methyl sites for hydroxylation is 1. The number of benzene rings is 2. The van der Waals surface area contributed by atoms with E-state index in [1.807, 2.05) is 15.9 Å². The van der Waals surface area contributed by atoms with Crippen LogP contribution in [0.2, 0.25) is 0 Å². The number of fused-ring (bicyclic) bond motifs is 1. The normalized spacial score (nSPS) is 16.4. The van der Waals surface area contributed by atoms with Gasteiger partial charge >= 0.3 is 0 Å². The molecule has 2 aliphatic heterocycles. The summed E-state index contributed by atoms with van der Waals surface area (Å²) in [5, 5.41) is 11.3. The van der Waals surface area contributed by atoms with E-state index in [0.717, 1.165) is 19.4 Å². The Morgan fingerprint density at radius 2 is 1.77 bits per heavy atom. The third-order valence-corrected chi connectivity index (χ3v) is 6.36. The molecule has 0 unspecified atom stereocenters. The van der Waals surface area contributed by atoms with Gasteiger partial charge in [-0.2, -0.15) is 0 Å². The van der Waals surface area contributed by atoms with Gasteiger partial charge in [-0.15, -0.1) is 0 Å². The maximum absolute atomic E-state index is 13.0. The van der Waals surface area contributed by atoms with E-state index in [0.29, 0.717) is 44.3 Å². The molecule has 0 aliphatic carbocycles. The fraction of sp³-hybridized carbons (Fsp3) is 0.458. The number of rotatable bonds is 5. The SMILES string of the molecule is CC(C)c1ccc2c(c1)CCCN2CC(=O)N1CCN(c2ccccc2[N+](=O)[O-])CC1. The first-order valence-electron chi connectivity index (χ1n) is 11.1. The van der Waals surface area contributed by atoms with Gasteiger partial charge in [0.2, 0.25) is 5.91 Å². The largest absolute Gasteiger partial charge is 0.362 e. The summed E-state index contributed by atoms with van der Waals surface area (Å²) in [6, 6.07) is 13.5. The molecular weight excluding hydrogens is 392 g/mol. The molecule has 1 saturated heterocycles. The molecule has 0 N–H and O–H groups in total. The third-order valence-electron chi connectivity index (χ3n) is 6.36. The van der Waals surface area contributed by atoms with Crippen LogP contribution in [0.3, 0.4) is 0 Å². The lowest BCUT2D eigenvalue weighted by atomic mass is 9.95. The molecule has 0 bridgehead atoms. The average Bonchev–Trinajstić information content (AvgIpc) is 2.79. The summed E-state index contributed by atoms with van der Waals surface area (Å²) in [7, 11) is 0. The van der Waals surface area contributed by atoms with E-state index in [9.17, 15) is 14.9 Å². The second-order valence-electron chi connectivity index (χ2n) is 8.68. The quantitative estimate of drug-likeness (QED) is 0.541. The summed E-state index contributed by atoms with van der Waals surface area (Å²) in [5.74, 6) is 0.627. The zero-order valence-corrected chi connectivity index (χ0v) is 18.3. The smallest absolute Gasteiger partial charge is 0.292 e. The summed E-state index contributed by atoms with van der Waals surface area (Å²) < 4.78 is 0. The minimum Gasteiger partial charge on any atom is -0.362 e. The zero-order valence-electron chi connectivity index (χ0n) is 18.3. The van der Waals surface area contributed by atoms with Crippen molar-refractivity contribution in [3.05, 3.63) is 63.7 Å². The van der Waals surface area contributed by atoms with Gasteiger partial charge < -0.3 is 14.7 Å². The topological polar surface area (TPSA) is 69.9 Å². The van der Waals surface area contributed by atoms with Crippen molar-refractivity contribution in [1.82, 2.24) is 4.90 Å². The van der Waals surface area contributed by atoms with E-state index in [-0.39, 0.29) is 16.5 Å². The highest BCUT2D eigenvalue weighted by Gasteiger charge is 2.27. The molecule has 2 heterocycles. The van der Waals surface area contributed by atoms with Crippen molar-refractivity contribution in [1.29, 1.82) is 0 Å². The first kappa shape index (κ1) is 21.2. The monoisotopic (exact) mass is 422 g/mol. The van der Waals surface area contributed by atoms with Crippen molar-refractivity contribution < 1.29 is 9.72 Å². The molecule has 2 aromatic carbocycles. The summed E-state index contributed by atoms with van der Waals surface area (Å²) in [6.45, 7) is 8.06. The molecular formula is C24H30N4O3. The molecule has 7 heteroatoms. The summed E-state index contributed by atoms with van der Waals surface area (Å²) in [5.41, 5.74) is 4.62. The maximum atomic E-state index is 13.0. The maximum Gasteiger partial charge on any atom is 0.292 e. The summed E-state index contributed by atoms with van der Waals surface area (Å²) in [4.78, 5) is 30.1. The molecule has 4 rings (SSSR count). The third kappa shape index (κ3) is 4.50. The first-order valence-corrected chi connectivity index (χ1v) is 11.1. The van der Waals surface area contributed by atoms with Crippen LogP contribution in [-0.2, 0) is 11.2 Å². The number of nitro benzene ring substituents is 1. The lowest BCUT2D eigenvalue weighted by molar-refractivity contribution is -0.384. The predicted molar refractivity (Wildman–Crippen MR) is 123 cm³/mol. The molecule has 7 nitrogen and oxygen atoms in total. The lowest BCUT2D eigenvalue weighted by Gasteiger charge is -2.38. The van der Waals surface area contributed by atoms with Gasteiger partial charge in [0.1, 0.15) is 5.69 Å². The number of hydrogen-bond donors (Lipinski definition) is 0. The summed E-state index contributed by atoms with van der Waals surface area (Å²) in [6.07, 6.45) is 2.13. The van der Waals surface area contributed by atoms with E-state index >= 15 is 0 Å². The van der Waals surface area contributed by atoms with E-state index in [4.69, 9.17) is 0 Å². The van der Waals surface area contributed by atoms with Crippen LogP contribution >= 0.6 is 0 Å². The van der Waals surface area contributed by atoms with Gasteiger partial charge in [-0.1, -0.05) is 38.1 Å². The van der Waals surface area contributed by atoms with Crippen LogP contribution in [0.5, 0.6) is 0 Å². The van der Waals surface area contributed by atoms with Crippen molar-refractivity contribution >= 4 is 23.0 Å². The van der Waals surface area contributed by atoms with Crippen LogP contribution < -0.4 is 9.80 Å². The number of hydrogen-bond acceptors (Lipinski definition) is 5. The van der Waals surface area contributed by atoms with E-state index in [2.05, 4.69) is 36.9 Å². The van der Waals surface area contributed by atoms with Crippen LogP contribution in [0, 0.1) is 10.1 Å². The first-order chi connectivity index (χ1) is 14.9. The highest BCUT2D eigenvalue weighted by atomic mass is 16.6. The summed E-state index contributed by atoms with van der Waals surface area (Å²) >= 11 is 0. The van der Waals surface area contributed by atoms with Gasteiger partial charge in [-0.05, 0) is 42.0 Å². The van der Waals surface area contributed by atoms with Gasteiger partial charge in [-0.25, -0.2) is 0 Å². The Bertz CT molecular complexity index is 967. The Labute approximate surface area is 183 Å². The fourth-order valence-electron chi connectivity index (χ4n) is 4.56. The number of carbonyl (C=O) groups is 1. The fourth-order valence-corrected chi connectivity index (χ4v) is 4.56. The molecule has 0 radical (unpaired) electrons. The number of carbonyl (C=O) groups excluding carboxylic acids is 1. The van der Waals surface area contributed by atoms with Crippen molar-refractivity contribution in [2.45, 2.75) is 32.6 Å². The Morgan fingerprint density at radius 3 is 2.48 bits per heavy atom. The minimum absolute atomic E-state index is 0.118. The zero-order chi connectivity index (χ0) is 22.0. The van der Waals surface area contributed by atoms with Gasteiger partial charge in [0, 0.05) is 44.5 Å². The molecule has 0 spiro atoms. The number of nitro groups is 1. The van der Waals surface area contributed by atoms with Crippen LogP contribution in [0.15, 0.2) is 42.5 Å². The highest BCUT2D eigenvalue weighted by Crippen LogP contribution is 2.31. The van der Waals surface area contributed by atoms with Crippen molar-refractivity contribution in [2.24, 2.45) is 0 Å². The number of piperazine rings is 1. The van der Waals surface area contributed by atoms with Crippen LogP contribution in [0.1, 0.15) is 37.3 Å². The van der Waals surface area contributed by atoms with Crippen LogP contribution in [0.4, 0.5) is 17.1 Å². The van der Waals surface area contributed by atoms with Gasteiger partial charge in [0.25, 0.3) is 5.69 Å². The van der Waals surface area contributed by atoms with E-state index in [1.165, 1.54) is 22.9 Å². The van der Waals surface area contributed by atoms with Crippen molar-refractivity contribution in [3.8, 4) is 0 Å². The Kier molecular flexibility index (Phi) is 6.11. The Hall–Kier alpha value is -3.09. The van der Waals surface area contributed by atoms with Gasteiger partial charge in [0.05, 0.1) is 11.5 Å². The predicted octanol–water partition coefficient (Wildman–Crippen LogP) is 3.82. The van der Waals surface area contributed by atoms with Crippen molar-refractivity contribution in [2.75, 3.05) is 49.1 Å². The molecule has 0 aromatic heterocycles. The second kappa shape index (κ2) is 8.96. The van der Waals surface area contributed by atoms with Crippen LogP contribution in [0.25, 0.3) is 0 Å². The standard InChI is InChI=1S/C24H30N4O3/c1-18(2)19-9-10-21-20(16-19)6-5-11-27(21)17-24(29)26-14-12-25(13-15-26)22-7-3-4-8-23(22)28(30)31/h3-4,7-10,16,18H,5-6,11-15,17H2,1-2H3. The molecule has 31 heavy (non-hydrogen) atoms. The Balaban J connectivity index is 1.39. The van der Waals surface area contributed by atoms with Gasteiger partial charge in [-0.3, -0.25) is 14.9 Å². The van der Waals surface area contributed by atoms with Gasteiger partial charge in [0.15, 0.2) is 0 Å². The molecule has 2 aromatic rings. The second-order valence-corrected chi connectivity index (χ2v) is 8.68. The molecule has 164 valence electrons. The van der Waals surface area contributed by atoms with Crippen molar-refractivity contribution in [3.63, 3.8) is 0 Å². The molecule has 2 aliphatic rings. The highest BCUT2D eigenvalue weighted by molar-refractivity contribution is 5.82. The number of anilines is 2. The molecule has 1 fully saturated rings. The van der Waals surface area contributed by atoms with E-state index < -0.39 is 0 Å². The number of amides is 1. The number of nitrogens with zero attached hydrogens (tertiary/aromatic N) is 4. The van der Waals surface area contributed by atoms with Crippen LogP contribution in [-0.4, -0.2) is 55.0 Å².